The van der Waals surface area contributed by atoms with E-state index in [1.807, 2.05) is 0 Å². The zero-order valence-electron chi connectivity index (χ0n) is 7.66. The number of aliphatic carboxylic acids is 3. The highest BCUT2D eigenvalue weighted by molar-refractivity contribution is 5.80. The van der Waals surface area contributed by atoms with Crippen LogP contribution in [0.15, 0.2) is 0 Å². The Balaban J connectivity index is 4.28. The number of carboxylic acid groups (broad SMARTS) is 3. The molecule has 0 radical (unpaired) electrons. The van der Waals surface area contributed by atoms with E-state index in [0.717, 1.165) is 0 Å². The molecule has 0 aromatic rings. The molecular weight excluding hydrogens is 210 g/mol. The number of carbonyl (C=O) groups is 3. The lowest BCUT2D eigenvalue weighted by atomic mass is 10.2. The lowest BCUT2D eigenvalue weighted by molar-refractivity contribution is -0.177. The molecule has 4 N–H and O–H groups in total. The third-order valence-corrected chi connectivity index (χ3v) is 1.57. The maximum Gasteiger partial charge on any atom is 0.323 e. The summed E-state index contributed by atoms with van der Waals surface area (Å²) in [4.78, 5) is 30.9. The number of carboxylic acids is 3. The van der Waals surface area contributed by atoms with Crippen molar-refractivity contribution in [1.82, 2.24) is 5.06 Å². The Hall–Kier alpha value is -1.67. The molecule has 0 aromatic carbocycles. The minimum Gasteiger partial charge on any atom is -0.481 e. The SMILES string of the molecule is O=C(O)CCN(O)C(CC(=O)O)C(=O)O. The Morgan fingerprint density at radius 3 is 1.93 bits per heavy atom. The third kappa shape index (κ3) is 5.60. The van der Waals surface area contributed by atoms with Crippen molar-refractivity contribution in [2.45, 2.75) is 18.9 Å². The Kier molecular flexibility index (Phi) is 5.27. The molecule has 0 rings (SSSR count). The Morgan fingerprint density at radius 1 is 1.07 bits per heavy atom. The fraction of sp³-hybridized carbons (Fsp3) is 0.571. The molecule has 0 heterocycles. The molecule has 0 aliphatic heterocycles. The summed E-state index contributed by atoms with van der Waals surface area (Å²) < 4.78 is 0. The second-order valence-electron chi connectivity index (χ2n) is 2.76. The number of hydrogen-bond donors (Lipinski definition) is 4. The van der Waals surface area contributed by atoms with E-state index in [0.29, 0.717) is 0 Å². The second-order valence-corrected chi connectivity index (χ2v) is 2.76. The van der Waals surface area contributed by atoms with E-state index in [9.17, 15) is 14.4 Å². The Bertz CT molecular complexity index is 264. The van der Waals surface area contributed by atoms with Gasteiger partial charge >= 0.3 is 17.9 Å². The molecule has 0 bridgehead atoms. The highest BCUT2D eigenvalue weighted by atomic mass is 16.5. The number of hydroxylamine groups is 2. The first-order chi connectivity index (χ1) is 6.84. The molecule has 0 aliphatic rings. The summed E-state index contributed by atoms with van der Waals surface area (Å²) in [5.74, 6) is -4.13. The molecule has 0 saturated heterocycles. The van der Waals surface area contributed by atoms with Gasteiger partial charge in [-0.15, -0.1) is 0 Å². The first-order valence-electron chi connectivity index (χ1n) is 3.96. The normalized spacial score (nSPS) is 12.4. The van der Waals surface area contributed by atoms with Gasteiger partial charge in [-0.3, -0.25) is 14.4 Å². The largest absolute Gasteiger partial charge is 0.481 e. The van der Waals surface area contributed by atoms with E-state index in [1.165, 1.54) is 0 Å². The van der Waals surface area contributed by atoms with Gasteiger partial charge in [0.1, 0.15) is 6.04 Å². The van der Waals surface area contributed by atoms with Crippen molar-refractivity contribution >= 4 is 17.9 Å². The smallest absolute Gasteiger partial charge is 0.323 e. The van der Waals surface area contributed by atoms with Crippen molar-refractivity contribution in [2.75, 3.05) is 6.54 Å². The quantitative estimate of drug-likeness (QED) is 0.405. The van der Waals surface area contributed by atoms with Crippen LogP contribution in [0.5, 0.6) is 0 Å². The van der Waals surface area contributed by atoms with Crippen molar-refractivity contribution in [1.29, 1.82) is 0 Å². The van der Waals surface area contributed by atoms with Crippen LogP contribution >= 0.6 is 0 Å². The first-order valence-corrected chi connectivity index (χ1v) is 3.96. The van der Waals surface area contributed by atoms with Crippen LogP contribution < -0.4 is 0 Å². The van der Waals surface area contributed by atoms with Gasteiger partial charge in [0.25, 0.3) is 0 Å². The van der Waals surface area contributed by atoms with Gasteiger partial charge in [-0.25, -0.2) is 0 Å². The second kappa shape index (κ2) is 5.94. The zero-order chi connectivity index (χ0) is 12.0. The molecule has 0 spiro atoms. The number of nitrogens with zero attached hydrogens (tertiary/aromatic N) is 1. The van der Waals surface area contributed by atoms with E-state index < -0.39 is 43.3 Å². The van der Waals surface area contributed by atoms with Crippen LogP contribution in [0.2, 0.25) is 0 Å². The summed E-state index contributed by atoms with van der Waals surface area (Å²) in [5.41, 5.74) is 0. The first kappa shape index (κ1) is 13.3. The van der Waals surface area contributed by atoms with E-state index in [-0.39, 0.29) is 5.06 Å². The standard InChI is InChI=1S/C7H11NO7/c9-5(10)1-2-8(15)4(7(13)14)3-6(11)12/h4,15H,1-3H2,(H,9,10)(H,11,12)(H,13,14). The van der Waals surface area contributed by atoms with Gasteiger partial charge < -0.3 is 20.5 Å². The minimum absolute atomic E-state index is 0.199. The summed E-state index contributed by atoms with van der Waals surface area (Å²) >= 11 is 0. The summed E-state index contributed by atoms with van der Waals surface area (Å²) in [6.45, 7) is -0.445. The molecule has 0 fully saturated rings. The molecule has 86 valence electrons. The molecule has 0 saturated carbocycles. The van der Waals surface area contributed by atoms with Gasteiger partial charge in [-0.05, 0) is 0 Å². The van der Waals surface area contributed by atoms with Crippen LogP contribution in [-0.4, -0.2) is 56.1 Å². The summed E-state index contributed by atoms with van der Waals surface area (Å²) in [6, 6.07) is -1.64. The number of hydrogen-bond acceptors (Lipinski definition) is 5. The predicted molar refractivity (Wildman–Crippen MR) is 44.4 cm³/mol. The van der Waals surface area contributed by atoms with Crippen molar-refractivity contribution in [3.63, 3.8) is 0 Å². The van der Waals surface area contributed by atoms with Gasteiger partial charge in [0.2, 0.25) is 0 Å². The molecule has 0 amide bonds. The molecule has 1 atom stereocenters. The highest BCUT2D eigenvalue weighted by Crippen LogP contribution is 2.03. The average molecular weight is 221 g/mol. The van der Waals surface area contributed by atoms with Gasteiger partial charge in [0.15, 0.2) is 0 Å². The van der Waals surface area contributed by atoms with E-state index in [4.69, 9.17) is 20.5 Å². The molecule has 0 aliphatic carbocycles. The van der Waals surface area contributed by atoms with Gasteiger partial charge in [0.05, 0.1) is 12.8 Å². The Labute approximate surface area is 84.3 Å². The lowest BCUT2D eigenvalue weighted by Crippen LogP contribution is -2.41. The van der Waals surface area contributed by atoms with Crippen LogP contribution in [0.25, 0.3) is 0 Å². The van der Waals surface area contributed by atoms with Crippen molar-refractivity contribution in [2.24, 2.45) is 0 Å². The van der Waals surface area contributed by atoms with Crippen LogP contribution in [0, 0.1) is 0 Å². The van der Waals surface area contributed by atoms with Gasteiger partial charge in [-0.1, -0.05) is 0 Å². The maximum absolute atomic E-state index is 10.5. The van der Waals surface area contributed by atoms with E-state index >= 15 is 0 Å². The van der Waals surface area contributed by atoms with Crippen molar-refractivity contribution in [3.8, 4) is 0 Å². The van der Waals surface area contributed by atoms with E-state index in [1.54, 1.807) is 0 Å². The summed E-state index contributed by atoms with van der Waals surface area (Å²) in [6.07, 6.45) is -1.27. The van der Waals surface area contributed by atoms with Crippen LogP contribution in [0.4, 0.5) is 0 Å². The predicted octanol–water partition coefficient (Wildman–Crippen LogP) is -0.920. The summed E-state index contributed by atoms with van der Waals surface area (Å²) in [5, 5.41) is 34.5. The topological polar surface area (TPSA) is 135 Å². The number of rotatable bonds is 7. The molecule has 8 nitrogen and oxygen atoms in total. The van der Waals surface area contributed by atoms with Gasteiger partial charge in [-0.2, -0.15) is 5.06 Å². The van der Waals surface area contributed by atoms with Crippen molar-refractivity contribution < 1.29 is 34.9 Å². The minimum atomic E-state index is -1.64. The monoisotopic (exact) mass is 221 g/mol. The fourth-order valence-corrected chi connectivity index (χ4v) is 0.852. The highest BCUT2D eigenvalue weighted by Gasteiger charge is 2.27. The van der Waals surface area contributed by atoms with Crippen LogP contribution in [0.1, 0.15) is 12.8 Å². The van der Waals surface area contributed by atoms with Gasteiger partial charge in [0, 0.05) is 6.54 Å². The molecule has 1 unspecified atom stereocenters. The average Bonchev–Trinajstić information content (AvgIpc) is 2.09. The van der Waals surface area contributed by atoms with Crippen LogP contribution in [-0.2, 0) is 14.4 Å². The molecule has 15 heavy (non-hydrogen) atoms. The molecular formula is C7H11NO7. The lowest BCUT2D eigenvalue weighted by Gasteiger charge is -2.20. The Morgan fingerprint density at radius 2 is 1.60 bits per heavy atom. The van der Waals surface area contributed by atoms with Crippen molar-refractivity contribution in [3.05, 3.63) is 0 Å². The molecule has 0 aromatic heterocycles. The zero-order valence-corrected chi connectivity index (χ0v) is 7.66. The van der Waals surface area contributed by atoms with Crippen LogP contribution in [0.3, 0.4) is 0 Å². The fourth-order valence-electron chi connectivity index (χ4n) is 0.852. The molecule has 8 heteroatoms. The maximum atomic E-state index is 10.5. The third-order valence-electron chi connectivity index (χ3n) is 1.57. The summed E-state index contributed by atoms with van der Waals surface area (Å²) in [7, 11) is 0. The van der Waals surface area contributed by atoms with E-state index in [2.05, 4.69) is 0 Å².